The zero-order valence-corrected chi connectivity index (χ0v) is 7.58. The molecule has 0 saturated carbocycles. The summed E-state index contributed by atoms with van der Waals surface area (Å²) in [5.41, 5.74) is 1.64. The molecule has 1 aromatic heterocycles. The number of aryl methyl sites for hydroxylation is 1. The van der Waals surface area contributed by atoms with Crippen molar-refractivity contribution in [3.05, 3.63) is 17.7 Å². The Bertz CT molecular complexity index is 265. The summed E-state index contributed by atoms with van der Waals surface area (Å²) in [6.07, 6.45) is 5.71. The van der Waals surface area contributed by atoms with Gasteiger partial charge in [-0.3, -0.25) is 4.79 Å². The normalized spacial score (nSPS) is 10.2. The van der Waals surface area contributed by atoms with Gasteiger partial charge in [0.25, 0.3) is 0 Å². The highest BCUT2D eigenvalue weighted by atomic mass is 16.1. The molecule has 12 heavy (non-hydrogen) atoms. The summed E-state index contributed by atoms with van der Waals surface area (Å²) in [5.74, 6) is 0. The molecule has 0 spiro atoms. The van der Waals surface area contributed by atoms with E-state index in [9.17, 15) is 4.79 Å². The standard InChI is InChI=1S/C9H14N2O/c1-3-4-5-9-8(6-12)10-7-11(9)2/h6-7H,3-5H2,1-2H3. The highest BCUT2D eigenvalue weighted by Gasteiger charge is 2.05. The number of unbranched alkanes of at least 4 members (excludes halogenated alkanes) is 1. The molecule has 0 atom stereocenters. The van der Waals surface area contributed by atoms with E-state index in [1.54, 1.807) is 6.33 Å². The second-order valence-electron chi connectivity index (χ2n) is 2.91. The molecule has 0 fully saturated rings. The molecule has 0 unspecified atom stereocenters. The maximum Gasteiger partial charge on any atom is 0.170 e. The van der Waals surface area contributed by atoms with Crippen molar-refractivity contribution in [3.63, 3.8) is 0 Å². The van der Waals surface area contributed by atoms with Crippen molar-refractivity contribution in [1.29, 1.82) is 0 Å². The van der Waals surface area contributed by atoms with Crippen LogP contribution in [0.5, 0.6) is 0 Å². The van der Waals surface area contributed by atoms with Crippen LogP contribution in [0.2, 0.25) is 0 Å². The average Bonchev–Trinajstić information content (AvgIpc) is 2.43. The second kappa shape index (κ2) is 4.04. The van der Waals surface area contributed by atoms with Crippen molar-refractivity contribution in [1.82, 2.24) is 9.55 Å². The molecule has 0 aliphatic carbocycles. The van der Waals surface area contributed by atoms with E-state index in [0.717, 1.165) is 31.2 Å². The van der Waals surface area contributed by atoms with Crippen LogP contribution >= 0.6 is 0 Å². The largest absolute Gasteiger partial charge is 0.337 e. The van der Waals surface area contributed by atoms with Gasteiger partial charge in [0.1, 0.15) is 5.69 Å². The first-order valence-electron chi connectivity index (χ1n) is 4.25. The fourth-order valence-electron chi connectivity index (χ4n) is 1.22. The molecule has 1 heterocycles. The zero-order valence-electron chi connectivity index (χ0n) is 7.58. The summed E-state index contributed by atoms with van der Waals surface area (Å²) in [6.45, 7) is 2.14. The van der Waals surface area contributed by atoms with E-state index in [0.29, 0.717) is 5.69 Å². The Hall–Kier alpha value is -1.12. The Morgan fingerprint density at radius 3 is 3.00 bits per heavy atom. The van der Waals surface area contributed by atoms with Gasteiger partial charge in [-0.1, -0.05) is 13.3 Å². The summed E-state index contributed by atoms with van der Waals surface area (Å²) in [7, 11) is 1.92. The number of carbonyl (C=O) groups is 1. The first-order valence-corrected chi connectivity index (χ1v) is 4.25. The number of nitrogens with zero attached hydrogens (tertiary/aromatic N) is 2. The number of aromatic nitrogens is 2. The maximum absolute atomic E-state index is 10.5. The minimum atomic E-state index is 0.589. The van der Waals surface area contributed by atoms with Gasteiger partial charge in [-0.15, -0.1) is 0 Å². The summed E-state index contributed by atoms with van der Waals surface area (Å²) < 4.78 is 1.92. The summed E-state index contributed by atoms with van der Waals surface area (Å²) >= 11 is 0. The van der Waals surface area contributed by atoms with Crippen molar-refractivity contribution in [2.24, 2.45) is 7.05 Å². The lowest BCUT2D eigenvalue weighted by Crippen LogP contribution is -1.98. The lowest BCUT2D eigenvalue weighted by atomic mass is 10.2. The first-order chi connectivity index (χ1) is 5.79. The molecule has 0 aromatic carbocycles. The number of hydrogen-bond acceptors (Lipinski definition) is 2. The molecule has 0 radical (unpaired) electrons. The third kappa shape index (κ3) is 1.72. The molecule has 3 nitrogen and oxygen atoms in total. The highest BCUT2D eigenvalue weighted by Crippen LogP contribution is 2.07. The predicted octanol–water partition coefficient (Wildman–Crippen LogP) is 1.58. The van der Waals surface area contributed by atoms with Gasteiger partial charge in [0, 0.05) is 12.7 Å². The average molecular weight is 166 g/mol. The quantitative estimate of drug-likeness (QED) is 0.636. The van der Waals surface area contributed by atoms with Crippen molar-refractivity contribution < 1.29 is 4.79 Å². The second-order valence-corrected chi connectivity index (χ2v) is 2.91. The molecule has 0 bridgehead atoms. The number of rotatable bonds is 4. The van der Waals surface area contributed by atoms with Crippen molar-refractivity contribution in [3.8, 4) is 0 Å². The first kappa shape index (κ1) is 8.97. The van der Waals surface area contributed by atoms with E-state index in [1.165, 1.54) is 0 Å². The minimum absolute atomic E-state index is 0.589. The van der Waals surface area contributed by atoms with Gasteiger partial charge < -0.3 is 4.57 Å². The van der Waals surface area contributed by atoms with Crippen LogP contribution in [-0.2, 0) is 13.5 Å². The maximum atomic E-state index is 10.5. The molecule has 1 aromatic rings. The fourth-order valence-corrected chi connectivity index (χ4v) is 1.22. The SMILES string of the molecule is CCCCc1c(C=O)ncn1C. The number of imidazole rings is 1. The fraction of sp³-hybridized carbons (Fsp3) is 0.556. The smallest absolute Gasteiger partial charge is 0.170 e. The lowest BCUT2D eigenvalue weighted by Gasteiger charge is -2.00. The van der Waals surface area contributed by atoms with E-state index in [-0.39, 0.29) is 0 Å². The van der Waals surface area contributed by atoms with E-state index >= 15 is 0 Å². The van der Waals surface area contributed by atoms with Crippen molar-refractivity contribution in [2.45, 2.75) is 26.2 Å². The molecule has 0 saturated heterocycles. The Balaban J connectivity index is 2.79. The van der Waals surface area contributed by atoms with Crippen LogP contribution in [0.1, 0.15) is 35.9 Å². The van der Waals surface area contributed by atoms with Gasteiger partial charge in [0.2, 0.25) is 0 Å². The minimum Gasteiger partial charge on any atom is -0.337 e. The van der Waals surface area contributed by atoms with E-state index in [1.807, 2.05) is 11.6 Å². The van der Waals surface area contributed by atoms with E-state index < -0.39 is 0 Å². The summed E-state index contributed by atoms with van der Waals surface area (Å²) in [4.78, 5) is 14.5. The van der Waals surface area contributed by atoms with Gasteiger partial charge >= 0.3 is 0 Å². The lowest BCUT2D eigenvalue weighted by molar-refractivity contribution is 0.111. The van der Waals surface area contributed by atoms with Crippen LogP contribution in [0.25, 0.3) is 0 Å². The predicted molar refractivity (Wildman–Crippen MR) is 47.2 cm³/mol. The highest BCUT2D eigenvalue weighted by molar-refractivity contribution is 5.73. The number of carbonyl (C=O) groups excluding carboxylic acids is 1. The summed E-state index contributed by atoms with van der Waals surface area (Å²) in [5, 5.41) is 0. The van der Waals surface area contributed by atoms with E-state index in [4.69, 9.17) is 0 Å². The van der Waals surface area contributed by atoms with Crippen molar-refractivity contribution >= 4 is 6.29 Å². The monoisotopic (exact) mass is 166 g/mol. The summed E-state index contributed by atoms with van der Waals surface area (Å²) in [6, 6.07) is 0. The van der Waals surface area contributed by atoms with Crippen LogP contribution < -0.4 is 0 Å². The molecule has 0 amide bonds. The molecule has 66 valence electrons. The van der Waals surface area contributed by atoms with Gasteiger partial charge in [-0.2, -0.15) is 0 Å². The van der Waals surface area contributed by atoms with Crippen LogP contribution in [0.3, 0.4) is 0 Å². The van der Waals surface area contributed by atoms with Crippen molar-refractivity contribution in [2.75, 3.05) is 0 Å². The molecular formula is C9H14N2O. The molecule has 1 rings (SSSR count). The third-order valence-electron chi connectivity index (χ3n) is 1.97. The Morgan fingerprint density at radius 1 is 1.67 bits per heavy atom. The van der Waals surface area contributed by atoms with E-state index in [2.05, 4.69) is 11.9 Å². The molecular weight excluding hydrogens is 152 g/mol. The zero-order chi connectivity index (χ0) is 8.97. The Labute approximate surface area is 72.4 Å². The van der Waals surface area contributed by atoms with Gasteiger partial charge in [-0.25, -0.2) is 4.98 Å². The Kier molecular flexibility index (Phi) is 3.02. The van der Waals surface area contributed by atoms with Crippen LogP contribution in [0.4, 0.5) is 0 Å². The topological polar surface area (TPSA) is 34.9 Å². The molecule has 0 N–H and O–H groups in total. The molecule has 3 heteroatoms. The van der Waals surface area contributed by atoms with Crippen LogP contribution in [0.15, 0.2) is 6.33 Å². The Morgan fingerprint density at radius 2 is 2.42 bits per heavy atom. The molecule has 0 aliphatic heterocycles. The number of hydrogen-bond donors (Lipinski definition) is 0. The van der Waals surface area contributed by atoms with Crippen LogP contribution in [0, 0.1) is 0 Å². The third-order valence-corrected chi connectivity index (χ3v) is 1.97. The van der Waals surface area contributed by atoms with Gasteiger partial charge in [0.15, 0.2) is 6.29 Å². The van der Waals surface area contributed by atoms with Gasteiger partial charge in [-0.05, 0) is 12.8 Å². The molecule has 0 aliphatic rings. The van der Waals surface area contributed by atoms with Gasteiger partial charge in [0.05, 0.1) is 6.33 Å². The number of aldehydes is 1. The van der Waals surface area contributed by atoms with Crippen LogP contribution in [-0.4, -0.2) is 15.8 Å².